The minimum atomic E-state index is -0.545. The number of hydrogen-bond donors (Lipinski definition) is 0. The van der Waals surface area contributed by atoms with Gasteiger partial charge in [0.1, 0.15) is 34.2 Å². The first-order valence-electron chi connectivity index (χ1n) is 26.8. The molecule has 0 atom stereocenters. The van der Waals surface area contributed by atoms with Gasteiger partial charge in [-0.3, -0.25) is 0 Å². The Balaban J connectivity index is 0.781. The monoisotopic (exact) mass is 995 g/mol. The highest BCUT2D eigenvalue weighted by atomic mass is 16.5. The van der Waals surface area contributed by atoms with E-state index in [1.165, 1.54) is 50.1 Å². The lowest BCUT2D eigenvalue weighted by Crippen LogP contribution is -2.32. The standard InChI is InChI=1S/C74H45NO3/c1-6-21-57-52(16-1)53-17-2-7-22-58(53)73(57)61-25-10-14-30-68(61)78-71-45-49(36-42-63(71)73)47-34-40-51(41-35-47)75(65-27-15-31-70-72(65)56-20-5-12-28-66(56)76-70)50-38-32-46(33-39-50)48-37-43-69-64(44-48)74(62-26-11-13-29-67(62)77-69)59-23-8-3-18-54(59)55-19-4-9-24-60(55)74/h1-45H. The first-order valence-corrected chi connectivity index (χ1v) is 26.8. The number of hydrogen-bond acceptors (Lipinski definition) is 4. The molecular weight excluding hydrogens is 951 g/mol. The molecule has 0 N–H and O–H groups in total. The summed E-state index contributed by atoms with van der Waals surface area (Å²) in [7, 11) is 0. The van der Waals surface area contributed by atoms with Gasteiger partial charge in [-0.05, 0) is 140 Å². The van der Waals surface area contributed by atoms with E-state index in [2.05, 4.69) is 272 Å². The van der Waals surface area contributed by atoms with Gasteiger partial charge in [0.25, 0.3) is 0 Å². The molecule has 12 aromatic carbocycles. The first kappa shape index (κ1) is 43.1. The molecule has 364 valence electrons. The first-order chi connectivity index (χ1) is 38.7. The van der Waals surface area contributed by atoms with Crippen LogP contribution in [0.2, 0.25) is 0 Å². The largest absolute Gasteiger partial charge is 0.457 e. The summed E-state index contributed by atoms with van der Waals surface area (Å²) in [5, 5.41) is 2.14. The second-order valence-corrected chi connectivity index (χ2v) is 21.0. The van der Waals surface area contributed by atoms with Crippen molar-refractivity contribution in [1.29, 1.82) is 0 Å². The van der Waals surface area contributed by atoms with Crippen LogP contribution in [0, 0.1) is 0 Å². The van der Waals surface area contributed by atoms with Crippen LogP contribution in [-0.2, 0) is 10.8 Å². The maximum atomic E-state index is 6.91. The third-order valence-corrected chi connectivity index (χ3v) is 17.2. The Morgan fingerprint density at radius 1 is 0.269 bits per heavy atom. The van der Waals surface area contributed by atoms with Crippen molar-refractivity contribution in [3.8, 4) is 67.5 Å². The molecular formula is C74H45NO3. The Morgan fingerprint density at radius 3 is 1.26 bits per heavy atom. The quantitative estimate of drug-likeness (QED) is 0.172. The lowest BCUT2D eigenvalue weighted by Gasteiger charge is -2.39. The van der Waals surface area contributed by atoms with Gasteiger partial charge in [-0.15, -0.1) is 0 Å². The third kappa shape index (κ3) is 5.78. The van der Waals surface area contributed by atoms with E-state index in [0.29, 0.717) is 0 Å². The average molecular weight is 996 g/mol. The third-order valence-electron chi connectivity index (χ3n) is 17.2. The van der Waals surface area contributed by atoms with Crippen LogP contribution < -0.4 is 14.4 Å². The van der Waals surface area contributed by atoms with Crippen LogP contribution in [0.15, 0.2) is 277 Å². The van der Waals surface area contributed by atoms with Crippen molar-refractivity contribution in [3.63, 3.8) is 0 Å². The Kier molecular flexibility index (Phi) is 8.94. The lowest BCUT2D eigenvalue weighted by atomic mass is 9.66. The molecule has 1 aromatic heterocycles. The Bertz CT molecular complexity index is 4550. The second kappa shape index (κ2) is 16.2. The molecule has 0 amide bonds. The summed E-state index contributed by atoms with van der Waals surface area (Å²) in [6, 6.07) is 98.8. The van der Waals surface area contributed by atoms with Crippen molar-refractivity contribution >= 4 is 39.0 Å². The predicted molar refractivity (Wildman–Crippen MR) is 314 cm³/mol. The molecule has 4 nitrogen and oxygen atoms in total. The highest BCUT2D eigenvalue weighted by Gasteiger charge is 2.52. The molecule has 2 spiro atoms. The van der Waals surface area contributed by atoms with E-state index in [4.69, 9.17) is 13.9 Å². The van der Waals surface area contributed by atoms with E-state index in [1.54, 1.807) is 0 Å². The van der Waals surface area contributed by atoms with Gasteiger partial charge in [-0.1, -0.05) is 200 Å². The highest BCUT2D eigenvalue weighted by molar-refractivity contribution is 6.13. The molecule has 4 aliphatic rings. The topological polar surface area (TPSA) is 34.8 Å². The summed E-state index contributed by atoms with van der Waals surface area (Å²) in [5.41, 5.74) is 22.9. The summed E-state index contributed by atoms with van der Waals surface area (Å²) in [5.74, 6) is 3.51. The Hall–Kier alpha value is -10.2. The molecule has 0 saturated carbocycles. The van der Waals surface area contributed by atoms with Crippen molar-refractivity contribution < 1.29 is 13.9 Å². The average Bonchev–Trinajstić information content (AvgIpc) is 3.45. The molecule has 0 fully saturated rings. The maximum Gasteiger partial charge on any atom is 0.137 e. The van der Waals surface area contributed by atoms with E-state index in [-0.39, 0.29) is 0 Å². The minimum Gasteiger partial charge on any atom is -0.457 e. The van der Waals surface area contributed by atoms with Crippen molar-refractivity contribution in [3.05, 3.63) is 317 Å². The summed E-state index contributed by atoms with van der Waals surface area (Å²) in [6.45, 7) is 0. The fourth-order valence-corrected chi connectivity index (χ4v) is 14.1. The molecule has 3 heterocycles. The van der Waals surface area contributed by atoms with Gasteiger partial charge in [0.05, 0.1) is 21.9 Å². The number of ether oxygens (including phenoxy) is 2. The van der Waals surface area contributed by atoms with Crippen LogP contribution >= 0.6 is 0 Å². The van der Waals surface area contributed by atoms with Crippen molar-refractivity contribution in [2.75, 3.05) is 4.90 Å². The smallest absolute Gasteiger partial charge is 0.137 e. The van der Waals surface area contributed by atoms with E-state index in [9.17, 15) is 0 Å². The van der Waals surface area contributed by atoms with Crippen LogP contribution in [0.4, 0.5) is 17.1 Å². The zero-order valence-electron chi connectivity index (χ0n) is 42.2. The Labute approximate surface area is 451 Å². The normalized spacial score (nSPS) is 14.1. The minimum absolute atomic E-state index is 0.509. The fraction of sp³-hybridized carbons (Fsp3) is 0.0270. The summed E-state index contributed by atoms with van der Waals surface area (Å²) in [6.07, 6.45) is 0. The second-order valence-electron chi connectivity index (χ2n) is 21.0. The summed E-state index contributed by atoms with van der Waals surface area (Å²) < 4.78 is 20.2. The van der Waals surface area contributed by atoms with Crippen LogP contribution in [0.25, 0.3) is 66.4 Å². The van der Waals surface area contributed by atoms with E-state index >= 15 is 0 Å². The van der Waals surface area contributed by atoms with Crippen molar-refractivity contribution in [2.24, 2.45) is 0 Å². The van der Waals surface area contributed by atoms with Gasteiger partial charge in [-0.2, -0.15) is 0 Å². The van der Waals surface area contributed by atoms with Crippen LogP contribution in [0.1, 0.15) is 44.5 Å². The van der Waals surface area contributed by atoms with Gasteiger partial charge in [0.15, 0.2) is 0 Å². The van der Waals surface area contributed by atoms with Crippen LogP contribution in [-0.4, -0.2) is 0 Å². The predicted octanol–water partition coefficient (Wildman–Crippen LogP) is 19.3. The number of nitrogens with zero attached hydrogens (tertiary/aromatic N) is 1. The van der Waals surface area contributed by atoms with Crippen molar-refractivity contribution in [1.82, 2.24) is 0 Å². The molecule has 17 rings (SSSR count). The lowest BCUT2D eigenvalue weighted by molar-refractivity contribution is 0.436. The van der Waals surface area contributed by atoms with Gasteiger partial charge in [0, 0.05) is 39.0 Å². The van der Waals surface area contributed by atoms with Crippen molar-refractivity contribution in [2.45, 2.75) is 10.8 Å². The molecule has 2 aliphatic heterocycles. The van der Waals surface area contributed by atoms with Crippen LogP contribution in [0.5, 0.6) is 23.0 Å². The van der Waals surface area contributed by atoms with Crippen LogP contribution in [0.3, 0.4) is 0 Å². The SMILES string of the molecule is c1ccc2c(c1)Oc1cc(-c3ccc(N(c4ccc(-c5ccc6c(c5)C5(c7ccccc7O6)c6ccccc6-c6ccccc65)cc4)c4cccc5oc6ccccc6c45)cc3)ccc1C21c2ccccc2-c2ccccc21. The number of fused-ring (bicyclic) bond motifs is 21. The fourth-order valence-electron chi connectivity index (χ4n) is 14.1. The number of para-hydroxylation sites is 3. The zero-order valence-corrected chi connectivity index (χ0v) is 42.2. The molecule has 0 bridgehead atoms. The van der Waals surface area contributed by atoms with E-state index in [1.807, 2.05) is 6.07 Å². The maximum absolute atomic E-state index is 6.91. The number of benzene rings is 12. The summed E-state index contributed by atoms with van der Waals surface area (Å²) in [4.78, 5) is 2.36. The zero-order chi connectivity index (χ0) is 51.1. The van der Waals surface area contributed by atoms with E-state index < -0.39 is 10.8 Å². The number of anilines is 3. The molecule has 0 saturated heterocycles. The molecule has 13 aromatic rings. The van der Waals surface area contributed by atoms with Gasteiger partial charge < -0.3 is 18.8 Å². The van der Waals surface area contributed by atoms with Gasteiger partial charge in [-0.25, -0.2) is 0 Å². The highest BCUT2D eigenvalue weighted by Crippen LogP contribution is 2.64. The summed E-state index contributed by atoms with van der Waals surface area (Å²) >= 11 is 0. The van der Waals surface area contributed by atoms with Gasteiger partial charge >= 0.3 is 0 Å². The molecule has 0 unspecified atom stereocenters. The number of rotatable bonds is 5. The molecule has 2 aliphatic carbocycles. The number of furan rings is 1. The Morgan fingerprint density at radius 2 is 0.679 bits per heavy atom. The molecule has 0 radical (unpaired) electrons. The van der Waals surface area contributed by atoms with Gasteiger partial charge in [0.2, 0.25) is 0 Å². The molecule has 4 heteroatoms. The molecule has 78 heavy (non-hydrogen) atoms. The van der Waals surface area contributed by atoms with E-state index in [0.717, 1.165) is 101 Å².